The van der Waals surface area contributed by atoms with Gasteiger partial charge in [0.05, 0.1) is 6.61 Å². The first kappa shape index (κ1) is 14.8. The second kappa shape index (κ2) is 6.31. The highest BCUT2D eigenvalue weighted by Crippen LogP contribution is 2.40. The highest BCUT2D eigenvalue weighted by atomic mass is 32.1. The molecule has 1 aliphatic heterocycles. The van der Waals surface area contributed by atoms with Gasteiger partial charge in [-0.2, -0.15) is 10.1 Å². The van der Waals surface area contributed by atoms with Crippen molar-refractivity contribution < 1.29 is 9.53 Å². The summed E-state index contributed by atoms with van der Waals surface area (Å²) >= 11 is 1.60. The largest absolute Gasteiger partial charge is 0.465 e. The number of hydrogen-bond acceptors (Lipinski definition) is 6. The van der Waals surface area contributed by atoms with Gasteiger partial charge in [-0.15, -0.1) is 11.3 Å². The molecule has 2 aromatic rings. The van der Waals surface area contributed by atoms with Crippen molar-refractivity contribution in [2.75, 3.05) is 11.9 Å². The molecule has 0 bridgehead atoms. The summed E-state index contributed by atoms with van der Waals surface area (Å²) < 4.78 is 7.07. The average molecular weight is 318 g/mol. The van der Waals surface area contributed by atoms with Crippen LogP contribution >= 0.6 is 11.3 Å². The van der Waals surface area contributed by atoms with E-state index in [0.29, 0.717) is 12.6 Å². The van der Waals surface area contributed by atoms with Gasteiger partial charge in [-0.3, -0.25) is 4.79 Å². The van der Waals surface area contributed by atoms with E-state index in [1.165, 1.54) is 6.33 Å². The van der Waals surface area contributed by atoms with Crippen LogP contribution in [0.4, 0.5) is 5.95 Å². The standard InChI is InChI=1S/C15H18N4O2S/c1-3-6-10-12(14(20)21-4-2)13(11-7-5-8-22-11)19-15(18-10)16-9-17-19/h5-9,12-13H,3-4H2,1-2H3,(H,16,17,18)/b10-6-/t12-,13+/m1/s1. The summed E-state index contributed by atoms with van der Waals surface area (Å²) in [6, 6.07) is 3.77. The maximum atomic E-state index is 12.6. The number of nitrogens with zero attached hydrogens (tertiary/aromatic N) is 3. The molecule has 0 unspecified atom stereocenters. The number of ether oxygens (including phenoxy) is 1. The number of hydrogen-bond donors (Lipinski definition) is 1. The van der Waals surface area contributed by atoms with Crippen LogP contribution in [0.5, 0.6) is 0 Å². The molecule has 2 aromatic heterocycles. The van der Waals surface area contributed by atoms with Crippen molar-refractivity contribution in [3.63, 3.8) is 0 Å². The lowest BCUT2D eigenvalue weighted by Crippen LogP contribution is -2.37. The van der Waals surface area contributed by atoms with Crippen molar-refractivity contribution in [2.45, 2.75) is 26.3 Å². The molecule has 7 heteroatoms. The van der Waals surface area contributed by atoms with E-state index < -0.39 is 5.92 Å². The molecular formula is C15H18N4O2S. The third kappa shape index (κ3) is 2.52. The lowest BCUT2D eigenvalue weighted by Gasteiger charge is -2.32. The predicted octanol–water partition coefficient (Wildman–Crippen LogP) is 2.83. The number of fused-ring (bicyclic) bond motifs is 1. The van der Waals surface area contributed by atoms with Crippen LogP contribution in [0.25, 0.3) is 0 Å². The summed E-state index contributed by atoms with van der Waals surface area (Å²) in [4.78, 5) is 17.9. The van der Waals surface area contributed by atoms with Gasteiger partial charge >= 0.3 is 5.97 Å². The Morgan fingerprint density at radius 3 is 3.09 bits per heavy atom. The molecular weight excluding hydrogens is 300 g/mol. The first-order chi connectivity index (χ1) is 10.8. The van der Waals surface area contributed by atoms with Crippen LogP contribution in [-0.2, 0) is 9.53 Å². The Balaban J connectivity index is 2.11. The number of anilines is 1. The van der Waals surface area contributed by atoms with Crippen molar-refractivity contribution in [2.24, 2.45) is 5.92 Å². The second-order valence-electron chi connectivity index (χ2n) is 4.91. The summed E-state index contributed by atoms with van der Waals surface area (Å²) in [6.07, 6.45) is 4.34. The van der Waals surface area contributed by atoms with E-state index in [1.807, 2.05) is 37.4 Å². The molecule has 0 aromatic carbocycles. The fourth-order valence-electron chi connectivity index (χ4n) is 2.69. The van der Waals surface area contributed by atoms with Crippen molar-refractivity contribution in [1.82, 2.24) is 14.8 Å². The van der Waals surface area contributed by atoms with E-state index in [0.717, 1.165) is 17.0 Å². The van der Waals surface area contributed by atoms with Gasteiger partial charge in [-0.1, -0.05) is 19.1 Å². The van der Waals surface area contributed by atoms with Crippen LogP contribution in [0.3, 0.4) is 0 Å². The van der Waals surface area contributed by atoms with Gasteiger partial charge in [0.15, 0.2) is 0 Å². The SMILES string of the molecule is CC/C=C1\Nc2ncnn2[C@@H](c2cccs2)[C@@H]1C(=O)OCC. The Morgan fingerprint density at radius 2 is 2.41 bits per heavy atom. The number of carbonyl (C=O) groups is 1. The molecule has 0 saturated heterocycles. The fraction of sp³-hybridized carbons (Fsp3) is 0.400. The quantitative estimate of drug-likeness (QED) is 0.878. The van der Waals surface area contributed by atoms with Crippen molar-refractivity contribution in [1.29, 1.82) is 0 Å². The molecule has 1 N–H and O–H groups in total. The zero-order chi connectivity index (χ0) is 15.5. The van der Waals surface area contributed by atoms with Crippen molar-refractivity contribution >= 4 is 23.3 Å². The van der Waals surface area contributed by atoms with Crippen LogP contribution in [0, 0.1) is 5.92 Å². The second-order valence-corrected chi connectivity index (χ2v) is 5.89. The van der Waals surface area contributed by atoms with Crippen LogP contribution in [0.1, 0.15) is 31.2 Å². The topological polar surface area (TPSA) is 69.0 Å². The number of nitrogens with one attached hydrogen (secondary N) is 1. The molecule has 3 heterocycles. The van der Waals surface area contributed by atoms with Gasteiger partial charge in [-0.05, 0) is 24.8 Å². The van der Waals surface area contributed by atoms with Crippen LogP contribution < -0.4 is 5.32 Å². The Hall–Kier alpha value is -2.15. The van der Waals surface area contributed by atoms with Crippen molar-refractivity contribution in [3.05, 3.63) is 40.5 Å². The fourth-order valence-corrected chi connectivity index (χ4v) is 3.54. The summed E-state index contributed by atoms with van der Waals surface area (Å²) in [6.45, 7) is 4.21. The summed E-state index contributed by atoms with van der Waals surface area (Å²) in [7, 11) is 0. The molecule has 0 aliphatic carbocycles. The Labute approximate surface area is 132 Å². The Kier molecular flexibility index (Phi) is 4.24. The van der Waals surface area contributed by atoms with E-state index in [-0.39, 0.29) is 12.0 Å². The van der Waals surface area contributed by atoms with E-state index in [4.69, 9.17) is 4.74 Å². The molecule has 0 radical (unpaired) electrons. The first-order valence-corrected chi connectivity index (χ1v) is 8.20. The van der Waals surface area contributed by atoms with E-state index in [1.54, 1.807) is 16.0 Å². The number of carbonyl (C=O) groups excluding carboxylic acids is 1. The molecule has 2 atom stereocenters. The van der Waals surface area contributed by atoms with Crippen LogP contribution in [0.15, 0.2) is 35.6 Å². The number of rotatable bonds is 4. The normalized spacial score (nSPS) is 22.2. The van der Waals surface area contributed by atoms with E-state index in [2.05, 4.69) is 15.4 Å². The summed E-state index contributed by atoms with van der Waals surface area (Å²) in [5.74, 6) is -0.0272. The predicted molar refractivity (Wildman–Crippen MR) is 84.6 cm³/mol. The monoisotopic (exact) mass is 318 g/mol. The van der Waals surface area contributed by atoms with Crippen LogP contribution in [-0.4, -0.2) is 27.3 Å². The molecule has 0 fully saturated rings. The van der Waals surface area contributed by atoms with Gasteiger partial charge in [0, 0.05) is 10.6 Å². The number of thiophene rings is 1. The minimum atomic E-state index is -0.437. The third-order valence-corrected chi connectivity index (χ3v) is 4.49. The molecule has 0 saturated carbocycles. The minimum Gasteiger partial charge on any atom is -0.465 e. The first-order valence-electron chi connectivity index (χ1n) is 7.32. The molecule has 3 rings (SSSR count). The minimum absolute atomic E-state index is 0.226. The molecule has 1 aliphatic rings. The lowest BCUT2D eigenvalue weighted by atomic mass is 9.92. The average Bonchev–Trinajstić information content (AvgIpc) is 3.17. The summed E-state index contributed by atoms with van der Waals surface area (Å²) in [5.41, 5.74) is 0.833. The van der Waals surface area contributed by atoms with E-state index >= 15 is 0 Å². The number of aromatic nitrogens is 3. The molecule has 116 valence electrons. The zero-order valence-corrected chi connectivity index (χ0v) is 13.3. The van der Waals surface area contributed by atoms with Gasteiger partial charge in [0.1, 0.15) is 18.3 Å². The van der Waals surface area contributed by atoms with Gasteiger partial charge in [0.25, 0.3) is 0 Å². The Bertz CT molecular complexity index is 678. The Morgan fingerprint density at radius 1 is 1.55 bits per heavy atom. The molecule has 0 spiro atoms. The van der Waals surface area contributed by atoms with Gasteiger partial charge < -0.3 is 10.1 Å². The van der Waals surface area contributed by atoms with Gasteiger partial charge in [-0.25, -0.2) is 4.68 Å². The lowest BCUT2D eigenvalue weighted by molar-refractivity contribution is -0.147. The summed E-state index contributed by atoms with van der Waals surface area (Å²) in [5, 5.41) is 9.51. The maximum Gasteiger partial charge on any atom is 0.317 e. The van der Waals surface area contributed by atoms with Crippen molar-refractivity contribution in [3.8, 4) is 0 Å². The van der Waals surface area contributed by atoms with E-state index in [9.17, 15) is 4.79 Å². The molecule has 6 nitrogen and oxygen atoms in total. The molecule has 22 heavy (non-hydrogen) atoms. The molecule has 0 amide bonds. The van der Waals surface area contributed by atoms with Gasteiger partial charge in [0.2, 0.25) is 5.95 Å². The smallest absolute Gasteiger partial charge is 0.317 e. The highest BCUT2D eigenvalue weighted by Gasteiger charge is 2.41. The number of allylic oxidation sites excluding steroid dienone is 1. The third-order valence-electron chi connectivity index (χ3n) is 3.54. The maximum absolute atomic E-state index is 12.6. The number of esters is 1. The zero-order valence-electron chi connectivity index (χ0n) is 12.5. The van der Waals surface area contributed by atoms with Crippen LogP contribution in [0.2, 0.25) is 0 Å². The highest BCUT2D eigenvalue weighted by molar-refractivity contribution is 7.10.